The van der Waals surface area contributed by atoms with Crippen molar-refractivity contribution in [1.29, 1.82) is 0 Å². The summed E-state index contributed by atoms with van der Waals surface area (Å²) < 4.78 is 59.4. The molecule has 8 nitrogen and oxygen atoms in total. The van der Waals surface area contributed by atoms with Crippen molar-refractivity contribution in [2.75, 3.05) is 17.2 Å². The second kappa shape index (κ2) is 8.00. The van der Waals surface area contributed by atoms with Gasteiger partial charge < -0.3 is 4.74 Å². The van der Waals surface area contributed by atoms with E-state index in [2.05, 4.69) is 4.72 Å². The lowest BCUT2D eigenvalue weighted by Crippen LogP contribution is -2.35. The van der Waals surface area contributed by atoms with E-state index in [4.69, 9.17) is 4.74 Å². The Morgan fingerprint density at radius 3 is 2.32 bits per heavy atom. The fourth-order valence-electron chi connectivity index (χ4n) is 3.77. The van der Waals surface area contributed by atoms with Gasteiger partial charge in [-0.1, -0.05) is 32.6 Å². The van der Waals surface area contributed by atoms with Gasteiger partial charge in [-0.05, 0) is 31.0 Å². The molecule has 1 saturated carbocycles. The van der Waals surface area contributed by atoms with E-state index in [0.717, 1.165) is 38.5 Å². The lowest BCUT2D eigenvalue weighted by molar-refractivity contribution is -0.119. The van der Waals surface area contributed by atoms with E-state index in [1.807, 2.05) is 0 Å². The lowest BCUT2D eigenvalue weighted by Gasteiger charge is -2.20. The van der Waals surface area contributed by atoms with Crippen molar-refractivity contribution in [3.63, 3.8) is 0 Å². The minimum atomic E-state index is -3.95. The van der Waals surface area contributed by atoms with Crippen LogP contribution in [0.15, 0.2) is 23.1 Å². The summed E-state index contributed by atoms with van der Waals surface area (Å²) in [5.74, 6) is -1.43. The van der Waals surface area contributed by atoms with Gasteiger partial charge in [0.2, 0.25) is 26.0 Å². The van der Waals surface area contributed by atoms with Crippen LogP contribution >= 0.6 is 0 Å². The van der Waals surface area contributed by atoms with E-state index in [0.29, 0.717) is 4.31 Å². The standard InChI is InChI=1S/C18H26N2O6S2/c1-13-12-27(22,23)20(18(13)21)15-9-10-16(26-2)17(11-15)28(24,25)19-14-7-5-3-4-6-8-14/h9-11,13-14,19H,3-8,12H2,1-2H3. The molecule has 1 heterocycles. The molecular formula is C18H26N2O6S2. The quantitative estimate of drug-likeness (QED) is 0.716. The molecular weight excluding hydrogens is 404 g/mol. The number of benzene rings is 1. The molecule has 28 heavy (non-hydrogen) atoms. The molecule has 1 aliphatic carbocycles. The molecule has 1 atom stereocenters. The van der Waals surface area contributed by atoms with Crippen LogP contribution in [0.4, 0.5) is 5.69 Å². The Balaban J connectivity index is 1.98. The van der Waals surface area contributed by atoms with Gasteiger partial charge >= 0.3 is 0 Å². The number of hydrogen-bond donors (Lipinski definition) is 1. The Bertz CT molecular complexity index is 950. The van der Waals surface area contributed by atoms with Crippen LogP contribution < -0.4 is 13.8 Å². The van der Waals surface area contributed by atoms with Crippen molar-refractivity contribution in [3.8, 4) is 5.75 Å². The molecule has 1 saturated heterocycles. The topological polar surface area (TPSA) is 110 Å². The van der Waals surface area contributed by atoms with Gasteiger partial charge in [-0.15, -0.1) is 0 Å². The van der Waals surface area contributed by atoms with Gasteiger partial charge in [0.25, 0.3) is 0 Å². The van der Waals surface area contributed by atoms with Crippen molar-refractivity contribution >= 4 is 31.6 Å². The second-order valence-electron chi connectivity index (χ2n) is 7.43. The summed E-state index contributed by atoms with van der Waals surface area (Å²) in [5, 5.41) is 0. The first kappa shape index (κ1) is 21.1. The summed E-state index contributed by atoms with van der Waals surface area (Å²) in [6.07, 6.45) is 5.62. The van der Waals surface area contributed by atoms with E-state index in [1.54, 1.807) is 0 Å². The van der Waals surface area contributed by atoms with Gasteiger partial charge in [0.05, 0.1) is 24.5 Å². The molecule has 1 aromatic carbocycles. The summed E-state index contributed by atoms with van der Waals surface area (Å²) in [6, 6.07) is 3.79. The lowest BCUT2D eigenvalue weighted by atomic mass is 10.1. The first-order valence-corrected chi connectivity index (χ1v) is 12.5. The van der Waals surface area contributed by atoms with Crippen LogP contribution in [0.5, 0.6) is 5.75 Å². The second-order valence-corrected chi connectivity index (χ2v) is 11.0. The number of sulfonamides is 2. The van der Waals surface area contributed by atoms with E-state index in [-0.39, 0.29) is 28.1 Å². The zero-order chi connectivity index (χ0) is 20.5. The number of anilines is 1. The van der Waals surface area contributed by atoms with Crippen molar-refractivity contribution in [3.05, 3.63) is 18.2 Å². The van der Waals surface area contributed by atoms with Crippen LogP contribution in [0.1, 0.15) is 45.4 Å². The summed E-state index contributed by atoms with van der Waals surface area (Å²) in [4.78, 5) is 12.2. The number of nitrogens with one attached hydrogen (secondary N) is 1. The third kappa shape index (κ3) is 4.18. The van der Waals surface area contributed by atoms with Crippen molar-refractivity contribution in [2.45, 2.75) is 56.4 Å². The smallest absolute Gasteiger partial charge is 0.244 e. The normalized spacial score (nSPS) is 23.6. The fourth-order valence-corrected chi connectivity index (χ4v) is 7.07. The van der Waals surface area contributed by atoms with Gasteiger partial charge in [0, 0.05) is 6.04 Å². The Morgan fingerprint density at radius 2 is 1.79 bits per heavy atom. The van der Waals surface area contributed by atoms with Crippen molar-refractivity contribution < 1.29 is 26.4 Å². The van der Waals surface area contributed by atoms with Gasteiger partial charge in [-0.25, -0.2) is 25.9 Å². The number of carbonyl (C=O) groups excluding carboxylic acids is 1. The summed E-state index contributed by atoms with van der Waals surface area (Å²) in [5.41, 5.74) is 0.0105. The van der Waals surface area contributed by atoms with Crippen molar-refractivity contribution in [1.82, 2.24) is 4.72 Å². The first-order chi connectivity index (χ1) is 13.2. The molecule has 3 rings (SSSR count). The maximum atomic E-state index is 13.0. The van der Waals surface area contributed by atoms with Crippen LogP contribution in [0, 0.1) is 5.92 Å². The summed E-state index contributed by atoms with van der Waals surface area (Å²) in [7, 11) is -6.42. The number of nitrogens with zero attached hydrogens (tertiary/aromatic N) is 1. The molecule has 156 valence electrons. The average Bonchev–Trinajstić information content (AvgIpc) is 2.80. The molecule has 0 aromatic heterocycles. The molecule has 0 radical (unpaired) electrons. The SMILES string of the molecule is COc1ccc(N2C(=O)C(C)CS2(=O)=O)cc1S(=O)(=O)NC1CCCCCC1. The molecule has 2 aliphatic rings. The molecule has 0 spiro atoms. The van der Waals surface area contributed by atoms with Crippen LogP contribution in [0.3, 0.4) is 0 Å². The zero-order valence-electron chi connectivity index (χ0n) is 16.0. The van der Waals surface area contributed by atoms with Gasteiger partial charge in [0.15, 0.2) is 0 Å². The minimum absolute atomic E-state index is 0.0105. The average molecular weight is 431 g/mol. The third-order valence-electron chi connectivity index (χ3n) is 5.21. The highest BCUT2D eigenvalue weighted by Gasteiger charge is 2.42. The van der Waals surface area contributed by atoms with Crippen LogP contribution in [0.25, 0.3) is 0 Å². The third-order valence-corrected chi connectivity index (χ3v) is 8.62. The van der Waals surface area contributed by atoms with Gasteiger partial charge in [-0.3, -0.25) is 4.79 Å². The molecule has 0 bridgehead atoms. The Hall–Kier alpha value is -1.65. The molecule has 2 fully saturated rings. The number of amides is 1. The fraction of sp³-hybridized carbons (Fsp3) is 0.611. The predicted octanol–water partition coefficient (Wildman–Crippen LogP) is 2.01. The predicted molar refractivity (Wildman–Crippen MR) is 105 cm³/mol. The molecule has 1 aliphatic heterocycles. The summed E-state index contributed by atoms with van der Waals surface area (Å²) in [6.45, 7) is 1.54. The van der Waals surface area contributed by atoms with Crippen LogP contribution in [-0.2, 0) is 24.8 Å². The van der Waals surface area contributed by atoms with E-state index >= 15 is 0 Å². The Kier molecular flexibility index (Phi) is 6.02. The first-order valence-electron chi connectivity index (χ1n) is 9.43. The highest BCUT2D eigenvalue weighted by molar-refractivity contribution is 7.94. The number of carbonyl (C=O) groups is 1. The van der Waals surface area contributed by atoms with Crippen LogP contribution in [0.2, 0.25) is 0 Å². The Morgan fingerprint density at radius 1 is 1.14 bits per heavy atom. The number of methoxy groups -OCH3 is 1. The van der Waals surface area contributed by atoms with E-state index in [1.165, 1.54) is 32.2 Å². The Labute approximate surface area is 166 Å². The summed E-state index contributed by atoms with van der Waals surface area (Å²) >= 11 is 0. The number of rotatable bonds is 5. The monoisotopic (exact) mass is 430 g/mol. The highest BCUT2D eigenvalue weighted by atomic mass is 32.2. The van der Waals surface area contributed by atoms with Crippen molar-refractivity contribution in [2.24, 2.45) is 5.92 Å². The van der Waals surface area contributed by atoms with Gasteiger partial charge in [-0.2, -0.15) is 0 Å². The molecule has 1 aromatic rings. The molecule has 10 heteroatoms. The minimum Gasteiger partial charge on any atom is -0.495 e. The largest absolute Gasteiger partial charge is 0.495 e. The molecule has 1 N–H and O–H groups in total. The molecule has 1 amide bonds. The van der Waals surface area contributed by atoms with E-state index in [9.17, 15) is 21.6 Å². The highest BCUT2D eigenvalue weighted by Crippen LogP contribution is 2.34. The van der Waals surface area contributed by atoms with Crippen LogP contribution in [-0.4, -0.2) is 41.6 Å². The molecule has 1 unspecified atom stereocenters. The maximum absolute atomic E-state index is 13.0. The van der Waals surface area contributed by atoms with E-state index < -0.39 is 31.9 Å². The number of hydrogen-bond acceptors (Lipinski definition) is 6. The van der Waals surface area contributed by atoms with Gasteiger partial charge in [0.1, 0.15) is 10.6 Å². The number of ether oxygens (including phenoxy) is 1. The maximum Gasteiger partial charge on any atom is 0.244 e. The zero-order valence-corrected chi connectivity index (χ0v) is 17.7.